The molecule has 1 heterocycles. The van der Waals surface area contributed by atoms with Crippen LogP contribution in [0, 0.1) is 10.1 Å². The minimum atomic E-state index is -0.503. The first-order valence-electron chi connectivity index (χ1n) is 9.06. The summed E-state index contributed by atoms with van der Waals surface area (Å²) in [6.07, 6.45) is -0.503. The number of rotatable bonds is 7. The molecule has 2 aromatic rings. The molecule has 9 heteroatoms. The van der Waals surface area contributed by atoms with E-state index in [2.05, 4.69) is 9.80 Å². The molecule has 0 saturated carbocycles. The Hall–Kier alpha value is -1.90. The highest BCUT2D eigenvalue weighted by molar-refractivity contribution is 5.85. The molecule has 0 amide bonds. The lowest BCUT2D eigenvalue weighted by Gasteiger charge is -2.35. The van der Waals surface area contributed by atoms with Crippen molar-refractivity contribution in [2.75, 3.05) is 39.8 Å². The fourth-order valence-electron chi connectivity index (χ4n) is 3.39. The first-order valence-corrected chi connectivity index (χ1v) is 9.06. The van der Waals surface area contributed by atoms with Gasteiger partial charge in [0.05, 0.1) is 18.1 Å². The highest BCUT2D eigenvalue weighted by atomic mass is 35.5. The van der Waals surface area contributed by atoms with Crippen LogP contribution in [-0.4, -0.2) is 59.7 Å². The molecule has 1 atom stereocenters. The molecule has 7 nitrogen and oxygen atoms in total. The van der Waals surface area contributed by atoms with Gasteiger partial charge in [0.15, 0.2) is 0 Å². The molecule has 1 aliphatic heterocycles. The topological polar surface area (TPSA) is 79.1 Å². The van der Waals surface area contributed by atoms with Crippen LogP contribution >= 0.6 is 24.8 Å². The molecular weight excluding hydrogens is 417 g/mol. The van der Waals surface area contributed by atoms with Crippen LogP contribution in [0.15, 0.2) is 48.5 Å². The maximum absolute atomic E-state index is 11.3. The second kappa shape index (κ2) is 11.9. The van der Waals surface area contributed by atoms with Gasteiger partial charge in [-0.3, -0.25) is 19.9 Å². The van der Waals surface area contributed by atoms with E-state index in [1.807, 2.05) is 30.3 Å². The zero-order valence-corrected chi connectivity index (χ0v) is 17.9. The number of β-amino-alcohol motifs (C(OH)–C–C–N with tert-alkyl or cyclic N) is 1. The zero-order valence-electron chi connectivity index (χ0n) is 16.3. The first kappa shape index (κ1) is 25.1. The number of ether oxygens (including phenoxy) is 1. The van der Waals surface area contributed by atoms with E-state index in [9.17, 15) is 15.2 Å². The molecule has 2 aromatic carbocycles. The average molecular weight is 444 g/mol. The third-order valence-corrected chi connectivity index (χ3v) is 4.96. The van der Waals surface area contributed by atoms with E-state index in [0.29, 0.717) is 24.4 Å². The van der Waals surface area contributed by atoms with Crippen molar-refractivity contribution in [2.45, 2.75) is 12.6 Å². The molecule has 29 heavy (non-hydrogen) atoms. The Morgan fingerprint density at radius 2 is 1.69 bits per heavy atom. The van der Waals surface area contributed by atoms with E-state index >= 15 is 0 Å². The van der Waals surface area contributed by atoms with Crippen LogP contribution in [0.25, 0.3) is 0 Å². The second-order valence-corrected chi connectivity index (χ2v) is 6.75. The summed E-state index contributed by atoms with van der Waals surface area (Å²) in [6.45, 7) is 4.36. The van der Waals surface area contributed by atoms with Crippen molar-refractivity contribution in [3.05, 3.63) is 69.8 Å². The minimum absolute atomic E-state index is 0. The summed E-state index contributed by atoms with van der Waals surface area (Å²) < 4.78 is 5.20. The SMILES string of the molecule is COc1ccc([N+](=O)[O-])c(CN2CCN(CC(O)c3ccccc3)CC2)c1.Cl.Cl. The van der Waals surface area contributed by atoms with Gasteiger partial charge in [0, 0.05) is 50.9 Å². The van der Waals surface area contributed by atoms with Gasteiger partial charge < -0.3 is 9.84 Å². The maximum Gasteiger partial charge on any atom is 0.274 e. The van der Waals surface area contributed by atoms with Gasteiger partial charge in [-0.05, 0) is 17.7 Å². The Kier molecular flexibility index (Phi) is 10.4. The molecule has 3 rings (SSSR count). The molecule has 1 saturated heterocycles. The predicted molar refractivity (Wildman–Crippen MR) is 117 cm³/mol. The molecule has 0 aliphatic carbocycles. The number of piperazine rings is 1. The lowest BCUT2D eigenvalue weighted by molar-refractivity contribution is -0.385. The summed E-state index contributed by atoms with van der Waals surface area (Å²) in [6, 6.07) is 14.5. The standard InChI is InChI=1S/C20H25N3O4.2ClH/c1-27-18-7-8-19(23(25)26)17(13-18)14-21-9-11-22(12-10-21)15-20(24)16-5-3-2-4-6-16;;/h2-8,13,20,24H,9-12,14-15H2,1H3;2*1H. The number of halogens is 2. The minimum Gasteiger partial charge on any atom is -0.497 e. The van der Waals surface area contributed by atoms with Crippen LogP contribution in [0.5, 0.6) is 5.75 Å². The van der Waals surface area contributed by atoms with Gasteiger partial charge >= 0.3 is 0 Å². The van der Waals surface area contributed by atoms with Gasteiger partial charge in [0.1, 0.15) is 5.75 Å². The summed E-state index contributed by atoms with van der Waals surface area (Å²) in [5.41, 5.74) is 1.71. The average Bonchev–Trinajstić information content (AvgIpc) is 2.69. The van der Waals surface area contributed by atoms with Crippen LogP contribution in [0.1, 0.15) is 17.2 Å². The molecule has 1 unspecified atom stereocenters. The van der Waals surface area contributed by atoms with E-state index in [4.69, 9.17) is 4.74 Å². The maximum atomic E-state index is 11.3. The molecule has 0 radical (unpaired) electrons. The molecule has 1 N–H and O–H groups in total. The molecule has 0 aromatic heterocycles. The monoisotopic (exact) mass is 443 g/mol. The van der Waals surface area contributed by atoms with Gasteiger partial charge in [0.2, 0.25) is 0 Å². The smallest absolute Gasteiger partial charge is 0.274 e. The largest absolute Gasteiger partial charge is 0.497 e. The fourth-order valence-corrected chi connectivity index (χ4v) is 3.39. The zero-order chi connectivity index (χ0) is 19.2. The van der Waals surface area contributed by atoms with Crippen LogP contribution in [0.4, 0.5) is 5.69 Å². The lowest BCUT2D eigenvalue weighted by atomic mass is 10.1. The van der Waals surface area contributed by atoms with Crippen molar-refractivity contribution >= 4 is 30.5 Å². The Morgan fingerprint density at radius 3 is 2.28 bits per heavy atom. The summed E-state index contributed by atoms with van der Waals surface area (Å²) in [5.74, 6) is 0.625. The number of hydrogen-bond acceptors (Lipinski definition) is 6. The van der Waals surface area contributed by atoms with Gasteiger partial charge in [-0.25, -0.2) is 0 Å². The Morgan fingerprint density at radius 1 is 1.07 bits per heavy atom. The highest BCUT2D eigenvalue weighted by Crippen LogP contribution is 2.26. The summed E-state index contributed by atoms with van der Waals surface area (Å²) >= 11 is 0. The number of aliphatic hydroxyl groups excluding tert-OH is 1. The van der Waals surface area contributed by atoms with Gasteiger partial charge in [-0.2, -0.15) is 0 Å². The molecule has 160 valence electrons. The normalized spacial score (nSPS) is 15.7. The summed E-state index contributed by atoms with van der Waals surface area (Å²) in [4.78, 5) is 15.4. The number of benzene rings is 2. The van der Waals surface area contributed by atoms with Crippen LogP contribution in [0.2, 0.25) is 0 Å². The number of nitro groups is 1. The second-order valence-electron chi connectivity index (χ2n) is 6.75. The van der Waals surface area contributed by atoms with Crippen molar-refractivity contribution < 1.29 is 14.8 Å². The number of methoxy groups -OCH3 is 1. The van der Waals surface area contributed by atoms with E-state index in [-0.39, 0.29) is 35.4 Å². The van der Waals surface area contributed by atoms with Crippen LogP contribution in [-0.2, 0) is 6.54 Å². The van der Waals surface area contributed by atoms with Gasteiger partial charge in [0.25, 0.3) is 5.69 Å². The molecule has 1 fully saturated rings. The molecular formula is C20H27Cl2N3O4. The van der Waals surface area contributed by atoms with E-state index in [1.165, 1.54) is 6.07 Å². The number of nitrogens with zero attached hydrogens (tertiary/aromatic N) is 3. The Bertz CT molecular complexity index is 772. The summed E-state index contributed by atoms with van der Waals surface area (Å²) in [7, 11) is 1.56. The van der Waals surface area contributed by atoms with Crippen molar-refractivity contribution in [1.82, 2.24) is 9.80 Å². The Balaban J connectivity index is 0.00000210. The molecule has 0 spiro atoms. The van der Waals surface area contributed by atoms with Crippen LogP contribution < -0.4 is 4.74 Å². The van der Waals surface area contributed by atoms with E-state index < -0.39 is 6.10 Å². The molecule has 1 aliphatic rings. The van der Waals surface area contributed by atoms with Crippen LogP contribution in [0.3, 0.4) is 0 Å². The number of aliphatic hydroxyl groups is 1. The lowest BCUT2D eigenvalue weighted by Crippen LogP contribution is -2.47. The van der Waals surface area contributed by atoms with Crippen molar-refractivity contribution in [2.24, 2.45) is 0 Å². The third kappa shape index (κ3) is 6.83. The fraction of sp³-hybridized carbons (Fsp3) is 0.400. The number of nitro benzene ring substituents is 1. The number of hydrogen-bond donors (Lipinski definition) is 1. The third-order valence-electron chi connectivity index (χ3n) is 4.96. The Labute approximate surface area is 183 Å². The van der Waals surface area contributed by atoms with Crippen molar-refractivity contribution in [3.63, 3.8) is 0 Å². The quantitative estimate of drug-likeness (QED) is 0.522. The summed E-state index contributed by atoms with van der Waals surface area (Å²) in [5, 5.41) is 21.7. The van der Waals surface area contributed by atoms with Gasteiger partial charge in [-0.15, -0.1) is 24.8 Å². The van der Waals surface area contributed by atoms with E-state index in [0.717, 1.165) is 31.7 Å². The van der Waals surface area contributed by atoms with E-state index in [1.54, 1.807) is 19.2 Å². The van der Waals surface area contributed by atoms with Crippen molar-refractivity contribution in [1.29, 1.82) is 0 Å². The molecule has 0 bridgehead atoms. The highest BCUT2D eigenvalue weighted by Gasteiger charge is 2.23. The van der Waals surface area contributed by atoms with Crippen molar-refractivity contribution in [3.8, 4) is 5.75 Å². The van der Waals surface area contributed by atoms with Gasteiger partial charge in [-0.1, -0.05) is 30.3 Å². The predicted octanol–water partition coefficient (Wildman–Crippen LogP) is 3.30. The first-order chi connectivity index (χ1) is 13.1.